The molecule has 0 unspecified atom stereocenters. The number of benzene rings is 1. The number of anilines is 1. The lowest BCUT2D eigenvalue weighted by Gasteiger charge is -2.33. The Morgan fingerprint density at radius 3 is 2.40 bits per heavy atom. The first-order chi connectivity index (χ1) is 11.5. The maximum atomic E-state index is 12.9. The number of carbonyl (C=O) groups is 1. The smallest absolute Gasteiger partial charge is 0.318 e. The Balaban J connectivity index is 0.00000225. The van der Waals surface area contributed by atoms with Gasteiger partial charge in [0.25, 0.3) is 0 Å². The van der Waals surface area contributed by atoms with Crippen molar-refractivity contribution in [3.63, 3.8) is 0 Å². The minimum absolute atomic E-state index is 0. The number of rotatable bonds is 3. The number of hydrogen-bond acceptors (Lipinski definition) is 4. The van der Waals surface area contributed by atoms with Crippen molar-refractivity contribution in [1.82, 2.24) is 14.9 Å². The Labute approximate surface area is 155 Å². The summed E-state index contributed by atoms with van der Waals surface area (Å²) in [5.74, 6) is 0. The molecule has 0 radical (unpaired) electrons. The van der Waals surface area contributed by atoms with Gasteiger partial charge in [0.05, 0.1) is 4.90 Å². The molecule has 25 heavy (non-hydrogen) atoms. The van der Waals surface area contributed by atoms with Gasteiger partial charge < -0.3 is 16.0 Å². The second-order valence-electron chi connectivity index (χ2n) is 6.57. The molecule has 1 spiro atoms. The molecule has 2 amide bonds. The summed E-state index contributed by atoms with van der Waals surface area (Å²) in [4.78, 5) is 11.6. The maximum absolute atomic E-state index is 12.9. The highest BCUT2D eigenvalue weighted by Gasteiger charge is 2.43. The Morgan fingerprint density at radius 1 is 1.16 bits per heavy atom. The quantitative estimate of drug-likeness (QED) is 0.734. The molecule has 140 valence electrons. The van der Waals surface area contributed by atoms with Crippen molar-refractivity contribution in [3.05, 3.63) is 24.3 Å². The van der Waals surface area contributed by atoms with Crippen molar-refractivity contribution in [2.24, 2.45) is 5.41 Å². The van der Waals surface area contributed by atoms with E-state index in [4.69, 9.17) is 0 Å². The van der Waals surface area contributed by atoms with E-state index < -0.39 is 10.0 Å². The molecule has 9 heteroatoms. The molecule has 0 saturated carbocycles. The van der Waals surface area contributed by atoms with Gasteiger partial charge in [-0.2, -0.15) is 4.31 Å². The summed E-state index contributed by atoms with van der Waals surface area (Å²) in [5.41, 5.74) is 0.698. The average molecular weight is 389 g/mol. The van der Waals surface area contributed by atoms with E-state index in [0.717, 1.165) is 32.4 Å². The number of carbonyl (C=O) groups excluding carboxylic acids is 1. The zero-order valence-corrected chi connectivity index (χ0v) is 15.9. The first-order valence-electron chi connectivity index (χ1n) is 8.25. The molecule has 0 aromatic heterocycles. The Hall–Kier alpha value is -1.35. The number of hydrogen-bond donors (Lipinski definition) is 3. The molecule has 0 aliphatic carbocycles. The minimum Gasteiger partial charge on any atom is -0.341 e. The normalized spacial score (nSPS) is 20.0. The topological polar surface area (TPSA) is 90.5 Å². The van der Waals surface area contributed by atoms with E-state index in [-0.39, 0.29) is 28.7 Å². The van der Waals surface area contributed by atoms with Gasteiger partial charge in [0.2, 0.25) is 10.0 Å². The van der Waals surface area contributed by atoms with Crippen molar-refractivity contribution < 1.29 is 13.2 Å². The van der Waals surface area contributed by atoms with Crippen molar-refractivity contribution in [1.29, 1.82) is 0 Å². The predicted molar refractivity (Wildman–Crippen MR) is 99.7 cm³/mol. The number of nitrogens with zero attached hydrogens (tertiary/aromatic N) is 1. The molecule has 2 aliphatic heterocycles. The van der Waals surface area contributed by atoms with Crippen LogP contribution < -0.4 is 16.0 Å². The SMILES string of the molecule is CNC(=O)Nc1ccc(S(=O)(=O)N2CCC3(CCNCC3)C2)cc1.Cl. The fourth-order valence-corrected chi connectivity index (χ4v) is 5.07. The Morgan fingerprint density at radius 2 is 1.80 bits per heavy atom. The van der Waals surface area contributed by atoms with Gasteiger partial charge in [-0.1, -0.05) is 0 Å². The average Bonchev–Trinajstić information content (AvgIpc) is 3.00. The second-order valence-corrected chi connectivity index (χ2v) is 8.51. The van der Waals surface area contributed by atoms with Gasteiger partial charge >= 0.3 is 6.03 Å². The first-order valence-corrected chi connectivity index (χ1v) is 9.69. The molecule has 3 rings (SSSR count). The van der Waals surface area contributed by atoms with Crippen LogP contribution in [-0.4, -0.2) is 52.0 Å². The van der Waals surface area contributed by atoms with E-state index in [1.54, 1.807) is 28.6 Å². The molecule has 0 bridgehead atoms. The summed E-state index contributed by atoms with van der Waals surface area (Å²) in [6, 6.07) is 5.98. The van der Waals surface area contributed by atoms with Gasteiger partial charge in [-0.15, -0.1) is 12.4 Å². The van der Waals surface area contributed by atoms with E-state index in [9.17, 15) is 13.2 Å². The molecule has 0 atom stereocenters. The molecule has 2 saturated heterocycles. The van der Waals surface area contributed by atoms with E-state index in [1.165, 1.54) is 7.05 Å². The van der Waals surface area contributed by atoms with Crippen LogP contribution in [0, 0.1) is 5.41 Å². The summed E-state index contributed by atoms with van der Waals surface area (Å²) in [7, 11) is -1.95. The fraction of sp³-hybridized carbons (Fsp3) is 0.562. The van der Waals surface area contributed by atoms with Crippen molar-refractivity contribution in [2.75, 3.05) is 38.5 Å². The lowest BCUT2D eigenvalue weighted by Crippen LogP contribution is -2.39. The number of urea groups is 1. The predicted octanol–water partition coefficient (Wildman–Crippen LogP) is 1.62. The van der Waals surface area contributed by atoms with Gasteiger partial charge in [-0.3, -0.25) is 0 Å². The van der Waals surface area contributed by atoms with E-state index in [1.807, 2.05) is 0 Å². The largest absolute Gasteiger partial charge is 0.341 e. The Bertz CT molecular complexity index is 703. The Kier molecular flexibility index (Phi) is 6.31. The number of piperidine rings is 1. The third-order valence-corrected chi connectivity index (χ3v) is 6.90. The molecule has 1 aromatic carbocycles. The molecule has 2 aliphatic rings. The summed E-state index contributed by atoms with van der Waals surface area (Å²) < 4.78 is 27.3. The zero-order valence-electron chi connectivity index (χ0n) is 14.2. The van der Waals surface area contributed by atoms with Gasteiger partial charge in [0.15, 0.2) is 0 Å². The highest BCUT2D eigenvalue weighted by atomic mass is 35.5. The second kappa shape index (κ2) is 7.90. The number of sulfonamides is 1. The molecule has 7 nitrogen and oxygen atoms in total. The van der Waals surface area contributed by atoms with Crippen LogP contribution in [0.3, 0.4) is 0 Å². The molecule has 1 aromatic rings. The van der Waals surface area contributed by atoms with Crippen molar-refractivity contribution in [2.45, 2.75) is 24.2 Å². The van der Waals surface area contributed by atoms with Gasteiger partial charge in [-0.25, -0.2) is 13.2 Å². The van der Waals surface area contributed by atoms with Crippen LogP contribution in [0.4, 0.5) is 10.5 Å². The van der Waals surface area contributed by atoms with Crippen LogP contribution in [0.15, 0.2) is 29.2 Å². The van der Waals surface area contributed by atoms with E-state index >= 15 is 0 Å². The van der Waals surface area contributed by atoms with Crippen LogP contribution in [-0.2, 0) is 10.0 Å². The molecular formula is C16H25ClN4O3S. The third kappa shape index (κ3) is 4.25. The lowest BCUT2D eigenvalue weighted by atomic mass is 9.78. The summed E-state index contributed by atoms with van der Waals surface area (Å²) in [5, 5.41) is 8.42. The van der Waals surface area contributed by atoms with Gasteiger partial charge in [-0.05, 0) is 62.0 Å². The monoisotopic (exact) mass is 388 g/mol. The van der Waals surface area contributed by atoms with E-state index in [2.05, 4.69) is 16.0 Å². The van der Waals surface area contributed by atoms with Crippen LogP contribution >= 0.6 is 12.4 Å². The highest BCUT2D eigenvalue weighted by Crippen LogP contribution is 2.40. The lowest BCUT2D eigenvalue weighted by molar-refractivity contribution is 0.218. The summed E-state index contributed by atoms with van der Waals surface area (Å²) in [6.07, 6.45) is 3.01. The van der Waals surface area contributed by atoms with E-state index in [0.29, 0.717) is 18.8 Å². The molecular weight excluding hydrogens is 364 g/mol. The number of nitrogens with one attached hydrogen (secondary N) is 3. The number of amides is 2. The first kappa shape index (κ1) is 20.0. The fourth-order valence-electron chi connectivity index (χ4n) is 3.52. The van der Waals surface area contributed by atoms with Crippen molar-refractivity contribution >= 4 is 34.1 Å². The van der Waals surface area contributed by atoms with Gasteiger partial charge in [0, 0.05) is 25.8 Å². The summed E-state index contributed by atoms with van der Waals surface area (Å²) in [6.45, 7) is 3.12. The molecule has 2 heterocycles. The maximum Gasteiger partial charge on any atom is 0.318 e. The molecule has 2 fully saturated rings. The van der Waals surface area contributed by atoms with Gasteiger partial charge in [0.1, 0.15) is 0 Å². The van der Waals surface area contributed by atoms with Crippen LogP contribution in [0.25, 0.3) is 0 Å². The minimum atomic E-state index is -3.48. The van der Waals surface area contributed by atoms with Crippen molar-refractivity contribution in [3.8, 4) is 0 Å². The van der Waals surface area contributed by atoms with Crippen LogP contribution in [0.1, 0.15) is 19.3 Å². The number of halogens is 1. The van der Waals surface area contributed by atoms with Crippen LogP contribution in [0.2, 0.25) is 0 Å². The third-order valence-electron chi connectivity index (χ3n) is 5.04. The molecule has 3 N–H and O–H groups in total. The highest BCUT2D eigenvalue weighted by molar-refractivity contribution is 7.89. The zero-order chi connectivity index (χ0) is 17.2. The standard InChI is InChI=1S/C16H24N4O3S.ClH/c1-17-15(21)19-13-2-4-14(5-3-13)24(22,23)20-11-8-16(12-20)6-9-18-10-7-16;/h2-5,18H,6-12H2,1H3,(H2,17,19,21);1H. The van der Waals surface area contributed by atoms with Crippen LogP contribution in [0.5, 0.6) is 0 Å². The summed E-state index contributed by atoms with van der Waals surface area (Å²) >= 11 is 0.